The Balaban J connectivity index is 3.30. The van der Waals surface area contributed by atoms with Crippen LogP contribution < -0.4 is 0 Å². The highest BCUT2D eigenvalue weighted by atomic mass is 28.2. The minimum atomic E-state index is 0.710. The Hall–Kier alpha value is 0.137. The molecule has 132 valence electrons. The fraction of sp³-hybridized carbons (Fsp3) is 1.00. The van der Waals surface area contributed by atoms with Gasteiger partial charge in [0, 0.05) is 6.61 Å². The van der Waals surface area contributed by atoms with Gasteiger partial charge in [0.25, 0.3) is 0 Å². The Labute approximate surface area is 143 Å². The monoisotopic (exact) mass is 328 g/mol. The van der Waals surface area contributed by atoms with Crippen LogP contribution in [0, 0.1) is 0 Å². The fourth-order valence-electron chi connectivity index (χ4n) is 2.89. The second kappa shape index (κ2) is 16.0. The first-order chi connectivity index (χ1) is 10.6. The van der Waals surface area contributed by atoms with E-state index < -0.39 is 0 Å². The van der Waals surface area contributed by atoms with Gasteiger partial charge in [-0.2, -0.15) is 0 Å². The zero-order chi connectivity index (χ0) is 16.5. The third kappa shape index (κ3) is 16.5. The second-order valence-corrected chi connectivity index (χ2v) is 8.32. The van der Waals surface area contributed by atoms with Crippen molar-refractivity contribution in [1.29, 1.82) is 0 Å². The fourth-order valence-corrected chi connectivity index (χ4v) is 3.54. The van der Waals surface area contributed by atoms with Gasteiger partial charge in [0.2, 0.25) is 9.76 Å². The molecule has 0 spiro atoms. The highest BCUT2D eigenvalue weighted by Crippen LogP contribution is 2.12. The molecular formula is C19H42NOSi+. The Morgan fingerprint density at radius 1 is 0.682 bits per heavy atom. The van der Waals surface area contributed by atoms with Gasteiger partial charge in [-0.3, -0.25) is 0 Å². The van der Waals surface area contributed by atoms with E-state index in [1.807, 2.05) is 0 Å². The van der Waals surface area contributed by atoms with Crippen molar-refractivity contribution >= 4 is 9.76 Å². The van der Waals surface area contributed by atoms with E-state index in [1.54, 1.807) is 0 Å². The lowest BCUT2D eigenvalue weighted by Gasteiger charge is -2.29. The van der Waals surface area contributed by atoms with Gasteiger partial charge in [-0.1, -0.05) is 58.3 Å². The van der Waals surface area contributed by atoms with Crippen LogP contribution in [-0.2, 0) is 4.43 Å². The summed E-state index contributed by atoms with van der Waals surface area (Å²) in [5.74, 6) is 0. The van der Waals surface area contributed by atoms with Crippen molar-refractivity contribution in [3.05, 3.63) is 0 Å². The largest absolute Gasteiger partial charge is 0.418 e. The smallest absolute Gasteiger partial charge is 0.229 e. The molecule has 0 aromatic heterocycles. The summed E-state index contributed by atoms with van der Waals surface area (Å²) in [6, 6.07) is 1.24. The molecule has 2 radical (unpaired) electrons. The quantitative estimate of drug-likeness (QED) is 0.196. The van der Waals surface area contributed by atoms with E-state index in [4.69, 9.17) is 4.43 Å². The van der Waals surface area contributed by atoms with Crippen LogP contribution in [0.15, 0.2) is 0 Å². The summed E-state index contributed by atoms with van der Waals surface area (Å²) in [5, 5.41) is 0. The maximum absolute atomic E-state index is 5.44. The average Bonchev–Trinajstić information content (AvgIpc) is 2.49. The van der Waals surface area contributed by atoms with E-state index in [0.29, 0.717) is 9.76 Å². The zero-order valence-corrected chi connectivity index (χ0v) is 17.0. The van der Waals surface area contributed by atoms with Crippen LogP contribution in [-0.4, -0.2) is 48.0 Å². The van der Waals surface area contributed by atoms with Crippen molar-refractivity contribution in [2.24, 2.45) is 0 Å². The number of hydrogen-bond acceptors (Lipinski definition) is 1. The number of nitrogens with zero attached hydrogens (tertiary/aromatic N) is 1. The lowest BCUT2D eigenvalue weighted by molar-refractivity contribution is -0.890. The van der Waals surface area contributed by atoms with E-state index in [9.17, 15) is 0 Å². The number of unbranched alkanes of at least 4 members (excludes halogenated alkanes) is 9. The molecule has 0 unspecified atom stereocenters. The molecule has 0 atom stereocenters. The normalized spacial score (nSPS) is 12.0. The van der Waals surface area contributed by atoms with E-state index in [2.05, 4.69) is 27.9 Å². The standard InChI is InChI=1S/C19H42NOSi/c1-5-7-8-9-10-11-12-13-14-15-17-20(3,4)18-16-19-22-21-6-2/h5-19H2,1-4H3/q+1. The van der Waals surface area contributed by atoms with Gasteiger partial charge in [-0.15, -0.1) is 0 Å². The average molecular weight is 329 g/mol. The summed E-state index contributed by atoms with van der Waals surface area (Å²) in [7, 11) is 5.48. The first kappa shape index (κ1) is 22.1. The number of rotatable bonds is 17. The highest BCUT2D eigenvalue weighted by Gasteiger charge is 2.13. The summed E-state index contributed by atoms with van der Waals surface area (Å²) in [6.45, 7) is 7.89. The minimum absolute atomic E-state index is 0.710. The van der Waals surface area contributed by atoms with Crippen LogP contribution in [0.25, 0.3) is 0 Å². The first-order valence-corrected chi connectivity index (χ1v) is 10.9. The molecule has 0 N–H and O–H groups in total. The Morgan fingerprint density at radius 3 is 1.73 bits per heavy atom. The van der Waals surface area contributed by atoms with Crippen molar-refractivity contribution < 1.29 is 8.91 Å². The Bertz CT molecular complexity index is 221. The topological polar surface area (TPSA) is 9.23 Å². The molecule has 0 bridgehead atoms. The van der Waals surface area contributed by atoms with Gasteiger partial charge >= 0.3 is 0 Å². The Morgan fingerprint density at radius 2 is 1.18 bits per heavy atom. The molecular weight excluding hydrogens is 286 g/mol. The summed E-state index contributed by atoms with van der Waals surface area (Å²) >= 11 is 0. The van der Waals surface area contributed by atoms with Gasteiger partial charge in [-0.25, -0.2) is 0 Å². The first-order valence-electron chi connectivity index (χ1n) is 9.79. The minimum Gasteiger partial charge on any atom is -0.418 e. The molecule has 0 aromatic rings. The molecule has 3 heteroatoms. The molecule has 0 aliphatic rings. The summed E-state index contributed by atoms with van der Waals surface area (Å²) < 4.78 is 6.62. The molecule has 22 heavy (non-hydrogen) atoms. The molecule has 0 aliphatic carbocycles. The summed E-state index contributed by atoms with van der Waals surface area (Å²) in [6.07, 6.45) is 15.7. The molecule has 0 amide bonds. The molecule has 0 fully saturated rings. The van der Waals surface area contributed by atoms with Gasteiger partial charge in [0.15, 0.2) is 0 Å². The third-order valence-electron chi connectivity index (χ3n) is 4.41. The lowest BCUT2D eigenvalue weighted by Crippen LogP contribution is -2.41. The SMILES string of the molecule is CCCCCCCCCCCC[N+](C)(C)CCC[Si]OCC. The zero-order valence-electron chi connectivity index (χ0n) is 16.0. The summed E-state index contributed by atoms with van der Waals surface area (Å²) in [4.78, 5) is 0. The molecule has 0 saturated carbocycles. The number of quaternary nitrogens is 1. The van der Waals surface area contributed by atoms with E-state index in [0.717, 1.165) is 6.61 Å². The van der Waals surface area contributed by atoms with E-state index in [1.165, 1.54) is 94.2 Å². The number of hydrogen-bond donors (Lipinski definition) is 0. The van der Waals surface area contributed by atoms with Crippen molar-refractivity contribution in [2.75, 3.05) is 33.8 Å². The summed E-state index contributed by atoms with van der Waals surface area (Å²) in [5.41, 5.74) is 0. The van der Waals surface area contributed by atoms with Gasteiger partial charge < -0.3 is 8.91 Å². The van der Waals surface area contributed by atoms with Crippen LogP contribution in [0.1, 0.15) is 84.5 Å². The predicted molar refractivity (Wildman–Crippen MR) is 100 cm³/mol. The third-order valence-corrected chi connectivity index (χ3v) is 5.46. The second-order valence-electron chi connectivity index (χ2n) is 7.25. The maximum Gasteiger partial charge on any atom is 0.229 e. The lowest BCUT2D eigenvalue weighted by atomic mass is 10.1. The van der Waals surface area contributed by atoms with Crippen molar-refractivity contribution in [1.82, 2.24) is 0 Å². The van der Waals surface area contributed by atoms with Crippen LogP contribution >= 0.6 is 0 Å². The molecule has 0 aromatic carbocycles. The molecule has 0 aliphatic heterocycles. The van der Waals surface area contributed by atoms with Crippen molar-refractivity contribution in [2.45, 2.75) is 90.5 Å². The molecule has 2 nitrogen and oxygen atoms in total. The maximum atomic E-state index is 5.44. The van der Waals surface area contributed by atoms with Crippen molar-refractivity contribution in [3.8, 4) is 0 Å². The van der Waals surface area contributed by atoms with Crippen LogP contribution in [0.5, 0.6) is 0 Å². The molecule has 0 saturated heterocycles. The predicted octanol–water partition coefficient (Wildman–Crippen LogP) is 5.45. The van der Waals surface area contributed by atoms with Crippen LogP contribution in [0.4, 0.5) is 0 Å². The van der Waals surface area contributed by atoms with Gasteiger partial charge in [0.1, 0.15) is 0 Å². The van der Waals surface area contributed by atoms with Crippen LogP contribution in [0.2, 0.25) is 6.04 Å². The molecule has 0 heterocycles. The Kier molecular flexibility index (Phi) is 16.1. The van der Waals surface area contributed by atoms with Gasteiger partial charge in [-0.05, 0) is 32.2 Å². The molecule has 0 rings (SSSR count). The van der Waals surface area contributed by atoms with Crippen molar-refractivity contribution in [3.63, 3.8) is 0 Å². The highest BCUT2D eigenvalue weighted by molar-refractivity contribution is 6.26. The van der Waals surface area contributed by atoms with E-state index >= 15 is 0 Å². The van der Waals surface area contributed by atoms with Crippen LogP contribution in [0.3, 0.4) is 0 Å². The van der Waals surface area contributed by atoms with Gasteiger partial charge in [0.05, 0.1) is 27.2 Å². The van der Waals surface area contributed by atoms with E-state index in [-0.39, 0.29) is 0 Å².